The lowest BCUT2D eigenvalue weighted by Gasteiger charge is -2.13. The minimum absolute atomic E-state index is 0.0300. The molecule has 7 nitrogen and oxygen atoms in total. The summed E-state index contributed by atoms with van der Waals surface area (Å²) in [4.78, 5) is 22.5. The number of hydrogen-bond acceptors (Lipinski definition) is 6. The van der Waals surface area contributed by atoms with Crippen LogP contribution in [0.15, 0.2) is 46.7 Å². The quantitative estimate of drug-likeness (QED) is 0.501. The molecule has 0 bridgehead atoms. The Morgan fingerprint density at radius 1 is 1.10 bits per heavy atom. The van der Waals surface area contributed by atoms with Gasteiger partial charge in [-0.05, 0) is 24.6 Å². The molecule has 0 saturated heterocycles. The summed E-state index contributed by atoms with van der Waals surface area (Å²) in [5.41, 5.74) is 2.28. The van der Waals surface area contributed by atoms with Gasteiger partial charge in [0.15, 0.2) is 5.71 Å². The van der Waals surface area contributed by atoms with E-state index in [4.69, 9.17) is 14.4 Å². The second-order valence-corrected chi connectivity index (χ2v) is 6.17. The summed E-state index contributed by atoms with van der Waals surface area (Å²) in [5.74, 6) is -1.90. The molecular weight excluding hydrogens is 396 g/mol. The molecular formula is C21H23F2N3O4. The van der Waals surface area contributed by atoms with E-state index in [1.54, 1.807) is 12.1 Å². The number of likely N-dealkylation sites (N-methyl/N-ethyl adjacent to an activating group) is 1. The van der Waals surface area contributed by atoms with Crippen molar-refractivity contribution in [2.75, 3.05) is 27.9 Å². The van der Waals surface area contributed by atoms with Crippen LogP contribution >= 0.6 is 0 Å². The lowest BCUT2D eigenvalue weighted by Crippen LogP contribution is -2.29. The Balaban J connectivity index is 2.35. The van der Waals surface area contributed by atoms with Gasteiger partial charge < -0.3 is 19.7 Å². The van der Waals surface area contributed by atoms with Gasteiger partial charge in [-0.1, -0.05) is 28.5 Å². The summed E-state index contributed by atoms with van der Waals surface area (Å²) in [7, 11) is 4.25. The van der Waals surface area contributed by atoms with Crippen LogP contribution < -0.4 is 5.32 Å². The van der Waals surface area contributed by atoms with Crippen LogP contribution in [0.25, 0.3) is 0 Å². The number of hydrogen-bond donors (Lipinski definition) is 1. The fourth-order valence-corrected chi connectivity index (χ4v) is 2.73. The lowest BCUT2D eigenvalue weighted by atomic mass is 9.98. The lowest BCUT2D eigenvalue weighted by molar-refractivity contribution is -0.114. The molecule has 0 aliphatic carbocycles. The van der Waals surface area contributed by atoms with Crippen molar-refractivity contribution in [2.45, 2.75) is 13.5 Å². The molecule has 2 aromatic rings. The molecule has 30 heavy (non-hydrogen) atoms. The van der Waals surface area contributed by atoms with E-state index in [2.05, 4.69) is 15.6 Å². The topological polar surface area (TPSA) is 81.5 Å². The zero-order valence-corrected chi connectivity index (χ0v) is 17.2. The number of halogens is 2. The van der Waals surface area contributed by atoms with Crippen molar-refractivity contribution in [3.05, 3.63) is 70.3 Å². The summed E-state index contributed by atoms with van der Waals surface area (Å²) >= 11 is 0. The van der Waals surface area contributed by atoms with Gasteiger partial charge in [0.25, 0.3) is 5.91 Å². The number of nitrogens with one attached hydrogen (secondary N) is 1. The third-order valence-electron chi connectivity index (χ3n) is 4.20. The van der Waals surface area contributed by atoms with Crippen molar-refractivity contribution in [3.8, 4) is 0 Å². The number of benzene rings is 2. The van der Waals surface area contributed by atoms with Crippen molar-refractivity contribution in [2.24, 2.45) is 10.3 Å². The first-order valence-corrected chi connectivity index (χ1v) is 8.98. The molecule has 2 aromatic carbocycles. The molecule has 0 unspecified atom stereocenters. The number of carbonyl (C=O) groups excluding carboxylic acids is 1. The van der Waals surface area contributed by atoms with Crippen LogP contribution in [0.2, 0.25) is 0 Å². The molecule has 0 atom stereocenters. The van der Waals surface area contributed by atoms with Gasteiger partial charge in [-0.2, -0.15) is 0 Å². The van der Waals surface area contributed by atoms with Crippen LogP contribution in [0.5, 0.6) is 0 Å². The highest BCUT2D eigenvalue weighted by Crippen LogP contribution is 2.18. The Morgan fingerprint density at radius 3 is 2.50 bits per heavy atom. The van der Waals surface area contributed by atoms with Crippen LogP contribution in [-0.4, -0.2) is 45.2 Å². The zero-order chi connectivity index (χ0) is 22.1. The highest BCUT2D eigenvalue weighted by atomic mass is 19.1. The SMILES string of the molecule is CNC(=O)/C(=N\OC)c1cccc(C)c1CO/N=C(/COC)c1ccc(F)cc1F. The van der Waals surface area contributed by atoms with E-state index in [0.29, 0.717) is 11.1 Å². The molecule has 0 aliphatic heterocycles. The minimum atomic E-state index is -0.778. The molecule has 0 saturated carbocycles. The molecule has 1 N–H and O–H groups in total. The normalized spacial score (nSPS) is 11.9. The fourth-order valence-electron chi connectivity index (χ4n) is 2.73. The van der Waals surface area contributed by atoms with E-state index in [1.807, 2.05) is 13.0 Å². The molecule has 2 rings (SSSR count). The average Bonchev–Trinajstić information content (AvgIpc) is 2.72. The molecule has 1 amide bonds. The zero-order valence-electron chi connectivity index (χ0n) is 17.2. The molecule has 0 radical (unpaired) electrons. The van der Waals surface area contributed by atoms with Gasteiger partial charge in [-0.25, -0.2) is 8.78 Å². The van der Waals surface area contributed by atoms with Crippen LogP contribution in [0.1, 0.15) is 22.3 Å². The van der Waals surface area contributed by atoms with Crippen LogP contribution in [0.3, 0.4) is 0 Å². The van der Waals surface area contributed by atoms with Crippen molar-refractivity contribution in [3.63, 3.8) is 0 Å². The van der Waals surface area contributed by atoms with Crippen molar-refractivity contribution in [1.29, 1.82) is 0 Å². The first-order chi connectivity index (χ1) is 14.4. The maximum Gasteiger partial charge on any atom is 0.273 e. The number of methoxy groups -OCH3 is 1. The Kier molecular flexibility index (Phi) is 8.42. The maximum absolute atomic E-state index is 14.1. The maximum atomic E-state index is 14.1. The summed E-state index contributed by atoms with van der Waals surface area (Å²) < 4.78 is 32.4. The molecule has 0 heterocycles. The summed E-state index contributed by atoms with van der Waals surface area (Å²) in [6.07, 6.45) is 0. The predicted octanol–water partition coefficient (Wildman–Crippen LogP) is 2.94. The number of rotatable bonds is 9. The number of carbonyl (C=O) groups is 1. The predicted molar refractivity (Wildman–Crippen MR) is 108 cm³/mol. The van der Waals surface area contributed by atoms with Crippen LogP contribution in [0, 0.1) is 18.6 Å². The second-order valence-electron chi connectivity index (χ2n) is 6.17. The Bertz CT molecular complexity index is 961. The highest BCUT2D eigenvalue weighted by molar-refractivity contribution is 6.45. The molecule has 160 valence electrons. The van der Waals surface area contributed by atoms with Gasteiger partial charge in [-0.15, -0.1) is 0 Å². The minimum Gasteiger partial charge on any atom is -0.398 e. The van der Waals surface area contributed by atoms with Crippen molar-refractivity contribution in [1.82, 2.24) is 5.32 Å². The van der Waals surface area contributed by atoms with E-state index < -0.39 is 17.5 Å². The van der Waals surface area contributed by atoms with Crippen LogP contribution in [-0.2, 0) is 25.8 Å². The first-order valence-electron chi connectivity index (χ1n) is 8.98. The van der Waals surface area contributed by atoms with E-state index in [9.17, 15) is 13.6 Å². The highest BCUT2D eigenvalue weighted by Gasteiger charge is 2.19. The summed E-state index contributed by atoms with van der Waals surface area (Å²) in [5, 5.41) is 10.3. The van der Waals surface area contributed by atoms with E-state index in [1.165, 1.54) is 27.3 Å². The molecule has 0 spiro atoms. The molecule has 0 aliphatic rings. The van der Waals surface area contributed by atoms with E-state index in [0.717, 1.165) is 17.7 Å². The second kappa shape index (κ2) is 11.0. The van der Waals surface area contributed by atoms with E-state index in [-0.39, 0.29) is 30.2 Å². The summed E-state index contributed by atoms with van der Waals surface area (Å²) in [6.45, 7) is 1.77. The largest absolute Gasteiger partial charge is 0.398 e. The van der Waals surface area contributed by atoms with Crippen LogP contribution in [0.4, 0.5) is 8.78 Å². The Labute approximate surface area is 173 Å². The standard InChI is InChI=1S/C21H23F2N3O4/c1-13-6-5-7-15(20(26-29-4)21(27)24-2)17(13)11-30-25-19(12-28-3)16-9-8-14(22)10-18(16)23/h5-10H,11-12H2,1-4H3,(H,24,27)/b25-19-,26-20-. The first kappa shape index (κ1) is 23.0. The monoisotopic (exact) mass is 419 g/mol. The molecule has 0 aromatic heterocycles. The number of nitrogens with zero attached hydrogens (tertiary/aromatic N) is 2. The number of amides is 1. The Hall–Kier alpha value is -3.33. The third kappa shape index (κ3) is 5.60. The van der Waals surface area contributed by atoms with Gasteiger partial charge in [0, 0.05) is 36.9 Å². The number of aryl methyl sites for hydroxylation is 1. The average molecular weight is 419 g/mol. The Morgan fingerprint density at radius 2 is 1.87 bits per heavy atom. The van der Waals surface area contributed by atoms with Crippen molar-refractivity contribution < 1.29 is 28.0 Å². The third-order valence-corrected chi connectivity index (χ3v) is 4.20. The number of oxime groups is 2. The molecule has 9 heteroatoms. The van der Waals surface area contributed by atoms with Gasteiger partial charge in [0.05, 0.1) is 6.61 Å². The summed E-state index contributed by atoms with van der Waals surface area (Å²) in [6, 6.07) is 8.47. The van der Waals surface area contributed by atoms with Gasteiger partial charge in [0.2, 0.25) is 0 Å². The van der Waals surface area contributed by atoms with Gasteiger partial charge >= 0.3 is 0 Å². The van der Waals surface area contributed by atoms with Gasteiger partial charge in [0.1, 0.15) is 31.1 Å². The number of ether oxygens (including phenoxy) is 1. The van der Waals surface area contributed by atoms with Crippen molar-refractivity contribution >= 4 is 17.3 Å². The van der Waals surface area contributed by atoms with Gasteiger partial charge in [-0.3, -0.25) is 4.79 Å². The fraction of sp³-hybridized carbons (Fsp3) is 0.286. The smallest absolute Gasteiger partial charge is 0.273 e. The van der Waals surface area contributed by atoms with E-state index >= 15 is 0 Å². The molecule has 0 fully saturated rings.